The maximum atomic E-state index is 11.3. The van der Waals surface area contributed by atoms with Crippen molar-refractivity contribution in [1.82, 2.24) is 14.6 Å². The van der Waals surface area contributed by atoms with Gasteiger partial charge in [0.2, 0.25) is 11.8 Å². The smallest absolute Gasteiger partial charge is 0.349 e. The average molecular weight is 284 g/mol. The van der Waals surface area contributed by atoms with E-state index < -0.39 is 5.69 Å². The number of aryl methyl sites for hydroxylation is 1. The number of aromatic nitrogens is 3. The molecule has 0 aliphatic heterocycles. The van der Waals surface area contributed by atoms with Gasteiger partial charge < -0.3 is 9.52 Å². The lowest BCUT2D eigenvalue weighted by atomic mass is 10.1. The summed E-state index contributed by atoms with van der Waals surface area (Å²) < 4.78 is 6.48. The summed E-state index contributed by atoms with van der Waals surface area (Å²) in [7, 11) is 0. The van der Waals surface area contributed by atoms with Crippen LogP contribution in [0.5, 0.6) is 5.88 Å². The SMILES string of the molecule is Cc1ccc(-c2cnc(C=Nn3cc(O)[nH]c3=O)o2)cc1. The van der Waals surface area contributed by atoms with Crippen LogP contribution in [0.15, 0.2) is 51.0 Å². The second-order valence-corrected chi connectivity index (χ2v) is 4.46. The molecule has 2 N–H and O–H groups in total. The predicted molar refractivity (Wildman–Crippen MR) is 76.4 cm³/mol. The molecule has 7 heteroatoms. The molecule has 0 aliphatic rings. The molecule has 0 radical (unpaired) electrons. The Hall–Kier alpha value is -3.09. The molecule has 7 nitrogen and oxygen atoms in total. The van der Waals surface area contributed by atoms with Gasteiger partial charge in [-0.2, -0.15) is 9.78 Å². The van der Waals surface area contributed by atoms with E-state index in [0.29, 0.717) is 5.76 Å². The highest BCUT2D eigenvalue weighted by Gasteiger charge is 2.05. The molecule has 2 heterocycles. The molecular formula is C14H12N4O3. The topological polar surface area (TPSA) is 96.4 Å². The average Bonchev–Trinajstić information content (AvgIpc) is 3.04. The molecule has 0 fully saturated rings. The summed E-state index contributed by atoms with van der Waals surface area (Å²) in [5.74, 6) is 0.615. The fourth-order valence-corrected chi connectivity index (χ4v) is 1.77. The van der Waals surface area contributed by atoms with Gasteiger partial charge in [0.25, 0.3) is 0 Å². The van der Waals surface area contributed by atoms with Gasteiger partial charge >= 0.3 is 5.69 Å². The molecule has 3 rings (SSSR count). The van der Waals surface area contributed by atoms with Crippen LogP contribution < -0.4 is 5.69 Å². The molecule has 2 aromatic heterocycles. The van der Waals surface area contributed by atoms with Crippen LogP contribution in [-0.4, -0.2) is 26.0 Å². The lowest BCUT2D eigenvalue weighted by Gasteiger charge is -1.96. The highest BCUT2D eigenvalue weighted by molar-refractivity contribution is 5.74. The van der Waals surface area contributed by atoms with Crippen LogP contribution in [0.4, 0.5) is 0 Å². The quantitative estimate of drug-likeness (QED) is 0.716. The van der Waals surface area contributed by atoms with Gasteiger partial charge in [0, 0.05) is 5.56 Å². The zero-order valence-corrected chi connectivity index (χ0v) is 11.1. The molecule has 106 valence electrons. The molecule has 3 aromatic rings. The first kappa shape index (κ1) is 12.9. The Kier molecular flexibility index (Phi) is 3.15. The second kappa shape index (κ2) is 5.12. The van der Waals surface area contributed by atoms with Crippen molar-refractivity contribution in [2.75, 3.05) is 0 Å². The summed E-state index contributed by atoms with van der Waals surface area (Å²) in [5, 5.41) is 13.0. The van der Waals surface area contributed by atoms with Crippen molar-refractivity contribution in [2.45, 2.75) is 6.92 Å². The van der Waals surface area contributed by atoms with E-state index in [1.807, 2.05) is 31.2 Å². The van der Waals surface area contributed by atoms with Gasteiger partial charge in [-0.15, -0.1) is 0 Å². The standard InChI is InChI=1S/C14H12N4O3/c1-9-2-4-10(5-3-9)11-6-15-13(21-11)7-16-18-8-12(19)17-14(18)20/h2-8,19H,1H3,(H,17,20). The summed E-state index contributed by atoms with van der Waals surface area (Å²) >= 11 is 0. The molecule has 0 spiro atoms. The van der Waals surface area contributed by atoms with Crippen LogP contribution in [0, 0.1) is 6.92 Å². The summed E-state index contributed by atoms with van der Waals surface area (Å²) in [6.07, 6.45) is 4.04. The van der Waals surface area contributed by atoms with Crippen molar-refractivity contribution >= 4 is 6.21 Å². The highest BCUT2D eigenvalue weighted by atomic mass is 16.4. The third-order valence-corrected chi connectivity index (χ3v) is 2.84. The summed E-state index contributed by atoms with van der Waals surface area (Å²) in [6, 6.07) is 7.83. The van der Waals surface area contributed by atoms with Crippen molar-refractivity contribution in [2.24, 2.45) is 5.10 Å². The second-order valence-electron chi connectivity index (χ2n) is 4.46. The Morgan fingerprint density at radius 3 is 2.81 bits per heavy atom. The van der Waals surface area contributed by atoms with Crippen LogP contribution >= 0.6 is 0 Å². The number of imidazole rings is 1. The highest BCUT2D eigenvalue weighted by Crippen LogP contribution is 2.20. The Labute approximate surface area is 119 Å². The third kappa shape index (κ3) is 2.76. The molecule has 0 unspecified atom stereocenters. The molecule has 0 bridgehead atoms. The Morgan fingerprint density at radius 1 is 1.38 bits per heavy atom. The predicted octanol–water partition coefficient (Wildman–Crippen LogP) is 1.73. The number of H-pyrrole nitrogens is 1. The lowest BCUT2D eigenvalue weighted by molar-refractivity contribution is 0.455. The van der Waals surface area contributed by atoms with Crippen molar-refractivity contribution < 1.29 is 9.52 Å². The first-order valence-corrected chi connectivity index (χ1v) is 6.20. The van der Waals surface area contributed by atoms with Gasteiger partial charge in [-0.3, -0.25) is 4.98 Å². The van der Waals surface area contributed by atoms with Crippen molar-refractivity contribution in [1.29, 1.82) is 0 Å². The van der Waals surface area contributed by atoms with E-state index in [1.54, 1.807) is 6.20 Å². The van der Waals surface area contributed by atoms with Gasteiger partial charge in [-0.1, -0.05) is 29.8 Å². The third-order valence-electron chi connectivity index (χ3n) is 2.84. The summed E-state index contributed by atoms with van der Waals surface area (Å²) in [5.41, 5.74) is 1.52. The number of oxazole rings is 1. The summed E-state index contributed by atoms with van der Waals surface area (Å²) in [6.45, 7) is 2.01. The fraction of sp³-hybridized carbons (Fsp3) is 0.0714. The minimum Gasteiger partial charge on any atom is -0.493 e. The first-order valence-electron chi connectivity index (χ1n) is 6.20. The maximum Gasteiger partial charge on any atom is 0.349 e. The van der Waals surface area contributed by atoms with E-state index in [4.69, 9.17) is 9.52 Å². The summed E-state index contributed by atoms with van der Waals surface area (Å²) in [4.78, 5) is 17.5. The molecule has 0 aliphatic carbocycles. The van der Waals surface area contributed by atoms with Gasteiger partial charge in [0.05, 0.1) is 12.4 Å². The number of nitrogens with one attached hydrogen (secondary N) is 1. The van der Waals surface area contributed by atoms with E-state index >= 15 is 0 Å². The van der Waals surface area contributed by atoms with Gasteiger partial charge in [-0.05, 0) is 6.92 Å². The number of aromatic amines is 1. The molecule has 1 aromatic carbocycles. The number of hydrogen-bond donors (Lipinski definition) is 2. The normalized spacial score (nSPS) is 11.3. The first-order chi connectivity index (χ1) is 10.1. The zero-order valence-electron chi connectivity index (χ0n) is 11.1. The van der Waals surface area contributed by atoms with Crippen LogP contribution in [-0.2, 0) is 0 Å². The van der Waals surface area contributed by atoms with Gasteiger partial charge in [0.1, 0.15) is 6.21 Å². The Balaban J connectivity index is 1.83. The van der Waals surface area contributed by atoms with Gasteiger partial charge in [0.15, 0.2) is 5.76 Å². The number of hydrogen-bond acceptors (Lipinski definition) is 5. The van der Waals surface area contributed by atoms with E-state index in [2.05, 4.69) is 15.1 Å². The fourth-order valence-electron chi connectivity index (χ4n) is 1.77. The molecular weight excluding hydrogens is 272 g/mol. The Bertz CT molecular complexity index is 840. The van der Waals surface area contributed by atoms with E-state index in [-0.39, 0.29) is 11.8 Å². The van der Waals surface area contributed by atoms with Crippen LogP contribution in [0.2, 0.25) is 0 Å². The number of rotatable bonds is 3. The molecule has 0 atom stereocenters. The van der Waals surface area contributed by atoms with E-state index in [1.165, 1.54) is 6.21 Å². The molecule has 0 saturated carbocycles. The van der Waals surface area contributed by atoms with Crippen LogP contribution in [0.25, 0.3) is 11.3 Å². The zero-order chi connectivity index (χ0) is 14.8. The van der Waals surface area contributed by atoms with Gasteiger partial charge in [-0.25, -0.2) is 9.78 Å². The maximum absolute atomic E-state index is 11.3. The largest absolute Gasteiger partial charge is 0.493 e. The molecule has 0 amide bonds. The number of benzene rings is 1. The number of aromatic hydroxyl groups is 1. The lowest BCUT2D eigenvalue weighted by Crippen LogP contribution is -2.11. The van der Waals surface area contributed by atoms with E-state index in [9.17, 15) is 4.79 Å². The number of nitrogens with zero attached hydrogens (tertiary/aromatic N) is 3. The van der Waals surface area contributed by atoms with Crippen molar-refractivity contribution in [3.8, 4) is 17.2 Å². The van der Waals surface area contributed by atoms with E-state index in [0.717, 1.165) is 22.0 Å². The minimum absolute atomic E-state index is 0.259. The van der Waals surface area contributed by atoms with Crippen LogP contribution in [0.1, 0.15) is 11.5 Å². The minimum atomic E-state index is -0.547. The molecule has 0 saturated heterocycles. The van der Waals surface area contributed by atoms with Crippen LogP contribution in [0.3, 0.4) is 0 Å². The van der Waals surface area contributed by atoms with Crippen molar-refractivity contribution in [3.05, 3.63) is 58.6 Å². The van der Waals surface area contributed by atoms with Crippen molar-refractivity contribution in [3.63, 3.8) is 0 Å². The monoisotopic (exact) mass is 284 g/mol. The molecule has 21 heavy (non-hydrogen) atoms. The Morgan fingerprint density at radius 2 is 2.14 bits per heavy atom.